The summed E-state index contributed by atoms with van der Waals surface area (Å²) in [6.45, 7) is 3.78. The van der Waals surface area contributed by atoms with E-state index in [-0.39, 0.29) is 5.56 Å². The predicted molar refractivity (Wildman–Crippen MR) is 77.9 cm³/mol. The largest absolute Gasteiger partial charge is 0.321 e. The molecule has 0 saturated carbocycles. The Balaban J connectivity index is 2.33. The maximum atomic E-state index is 13.6. The number of nitrogens with one attached hydrogen (secondary N) is 1. The van der Waals surface area contributed by atoms with Crippen molar-refractivity contribution < 1.29 is 13.6 Å². The van der Waals surface area contributed by atoms with Gasteiger partial charge in [-0.2, -0.15) is 0 Å². The summed E-state index contributed by atoms with van der Waals surface area (Å²) in [5.41, 5.74) is 2.27. The van der Waals surface area contributed by atoms with E-state index in [1.54, 1.807) is 0 Å². The quantitative estimate of drug-likeness (QED) is 0.851. The van der Waals surface area contributed by atoms with Gasteiger partial charge in [0.15, 0.2) is 0 Å². The molecule has 0 radical (unpaired) electrons. The third kappa shape index (κ3) is 3.04. The van der Waals surface area contributed by atoms with E-state index in [1.807, 2.05) is 26.0 Å². The zero-order valence-electron chi connectivity index (χ0n) is 10.9. The fourth-order valence-electron chi connectivity index (χ4n) is 1.93. The molecule has 0 heterocycles. The Hall–Kier alpha value is -1.75. The van der Waals surface area contributed by atoms with Gasteiger partial charge in [0.05, 0.1) is 11.3 Å². The normalized spacial score (nSPS) is 10.4. The number of hydrogen-bond acceptors (Lipinski definition) is 1. The number of aryl methyl sites for hydroxylation is 2. The van der Waals surface area contributed by atoms with Crippen molar-refractivity contribution in [2.75, 3.05) is 5.32 Å². The van der Waals surface area contributed by atoms with Crippen LogP contribution in [0.1, 0.15) is 21.5 Å². The Bertz CT molecular complexity index is 663. The van der Waals surface area contributed by atoms with Crippen LogP contribution in [0, 0.1) is 25.5 Å². The summed E-state index contributed by atoms with van der Waals surface area (Å²) in [6.07, 6.45) is 0. The van der Waals surface area contributed by atoms with Crippen LogP contribution in [0.25, 0.3) is 0 Å². The first-order chi connectivity index (χ1) is 9.38. The molecule has 0 saturated heterocycles. The number of hydrogen-bond donors (Lipinski definition) is 1. The molecule has 5 heteroatoms. The molecule has 0 aliphatic rings. The van der Waals surface area contributed by atoms with Gasteiger partial charge in [0, 0.05) is 10.5 Å². The van der Waals surface area contributed by atoms with Crippen molar-refractivity contribution in [3.8, 4) is 0 Å². The van der Waals surface area contributed by atoms with Crippen molar-refractivity contribution in [1.29, 1.82) is 0 Å². The second-order valence-electron chi connectivity index (χ2n) is 4.52. The molecule has 2 aromatic carbocycles. The minimum atomic E-state index is -0.886. The van der Waals surface area contributed by atoms with Gasteiger partial charge < -0.3 is 5.32 Å². The number of carbonyl (C=O) groups is 1. The lowest BCUT2D eigenvalue weighted by atomic mass is 10.1. The van der Waals surface area contributed by atoms with Gasteiger partial charge in [-0.05, 0) is 59.1 Å². The summed E-state index contributed by atoms with van der Waals surface area (Å²) in [4.78, 5) is 12.0. The van der Waals surface area contributed by atoms with Gasteiger partial charge in [0.2, 0.25) is 0 Å². The molecule has 2 rings (SSSR count). The zero-order chi connectivity index (χ0) is 14.9. The lowest BCUT2D eigenvalue weighted by molar-refractivity contribution is 0.102. The van der Waals surface area contributed by atoms with Crippen LogP contribution in [-0.2, 0) is 0 Å². The van der Waals surface area contributed by atoms with Crippen LogP contribution in [0.15, 0.2) is 34.8 Å². The van der Waals surface area contributed by atoms with Crippen LogP contribution in [0.3, 0.4) is 0 Å². The van der Waals surface area contributed by atoms with Crippen LogP contribution in [0.4, 0.5) is 14.5 Å². The first-order valence-electron chi connectivity index (χ1n) is 5.91. The van der Waals surface area contributed by atoms with Crippen LogP contribution < -0.4 is 5.32 Å². The third-order valence-corrected chi connectivity index (χ3v) is 3.47. The summed E-state index contributed by atoms with van der Waals surface area (Å²) < 4.78 is 27.1. The van der Waals surface area contributed by atoms with Crippen LogP contribution in [-0.4, -0.2) is 5.91 Å². The Kier molecular flexibility index (Phi) is 4.18. The molecule has 0 aliphatic heterocycles. The first-order valence-corrected chi connectivity index (χ1v) is 6.71. The van der Waals surface area contributed by atoms with Gasteiger partial charge in [-0.1, -0.05) is 6.07 Å². The molecule has 0 bridgehead atoms. The second kappa shape index (κ2) is 5.71. The van der Waals surface area contributed by atoms with E-state index in [0.717, 1.165) is 23.3 Å². The van der Waals surface area contributed by atoms with E-state index in [1.165, 1.54) is 0 Å². The molecule has 1 N–H and O–H groups in total. The lowest BCUT2D eigenvalue weighted by Gasteiger charge is -2.12. The average Bonchev–Trinajstić information content (AvgIpc) is 2.33. The van der Waals surface area contributed by atoms with Crippen molar-refractivity contribution in [2.45, 2.75) is 13.8 Å². The minimum Gasteiger partial charge on any atom is -0.321 e. The highest BCUT2D eigenvalue weighted by Gasteiger charge is 2.15. The zero-order valence-corrected chi connectivity index (χ0v) is 12.5. The molecule has 0 aliphatic carbocycles. The molecule has 20 heavy (non-hydrogen) atoms. The number of rotatable bonds is 2. The molecule has 2 nitrogen and oxygen atoms in total. The molecule has 104 valence electrons. The number of amides is 1. The van der Waals surface area contributed by atoms with E-state index in [4.69, 9.17) is 0 Å². The first kappa shape index (κ1) is 14.7. The highest BCUT2D eigenvalue weighted by Crippen LogP contribution is 2.28. The fourth-order valence-corrected chi connectivity index (χ4v) is 2.70. The van der Waals surface area contributed by atoms with Gasteiger partial charge in [0.25, 0.3) is 5.91 Å². The van der Waals surface area contributed by atoms with Crippen LogP contribution in [0.2, 0.25) is 0 Å². The molecule has 0 aromatic heterocycles. The SMILES string of the molecule is Cc1cc(C)c(NC(=O)c2ccc(F)cc2F)c(Br)c1. The van der Waals surface area contributed by atoms with Crippen molar-refractivity contribution >= 4 is 27.5 Å². The van der Waals surface area contributed by atoms with Crippen LogP contribution >= 0.6 is 15.9 Å². The van der Waals surface area contributed by atoms with Gasteiger partial charge >= 0.3 is 0 Å². The van der Waals surface area contributed by atoms with Crippen molar-refractivity contribution in [2.24, 2.45) is 0 Å². The molecule has 0 fully saturated rings. The van der Waals surface area contributed by atoms with Gasteiger partial charge in [0.1, 0.15) is 11.6 Å². The minimum absolute atomic E-state index is 0.196. The maximum Gasteiger partial charge on any atom is 0.258 e. The highest BCUT2D eigenvalue weighted by molar-refractivity contribution is 9.10. The fraction of sp³-hybridized carbons (Fsp3) is 0.133. The Morgan fingerprint density at radius 2 is 1.85 bits per heavy atom. The standard InChI is InChI=1S/C15H12BrF2NO/c1-8-5-9(2)14(12(16)6-8)19-15(20)11-4-3-10(17)7-13(11)18/h3-7H,1-2H3,(H,19,20). The molecular formula is C15H12BrF2NO. The summed E-state index contributed by atoms with van der Waals surface area (Å²) in [5, 5.41) is 2.63. The molecular weight excluding hydrogens is 328 g/mol. The lowest BCUT2D eigenvalue weighted by Crippen LogP contribution is -2.15. The Morgan fingerprint density at radius 1 is 1.15 bits per heavy atom. The van der Waals surface area contributed by atoms with E-state index in [2.05, 4.69) is 21.2 Å². The highest BCUT2D eigenvalue weighted by atomic mass is 79.9. The van der Waals surface area contributed by atoms with E-state index in [9.17, 15) is 13.6 Å². The molecule has 0 spiro atoms. The van der Waals surface area contributed by atoms with Gasteiger partial charge in [-0.3, -0.25) is 4.79 Å². The van der Waals surface area contributed by atoms with Gasteiger partial charge in [-0.15, -0.1) is 0 Å². The average molecular weight is 340 g/mol. The van der Waals surface area contributed by atoms with E-state index in [0.29, 0.717) is 16.2 Å². The van der Waals surface area contributed by atoms with E-state index < -0.39 is 17.5 Å². The van der Waals surface area contributed by atoms with Crippen molar-refractivity contribution in [1.82, 2.24) is 0 Å². The smallest absolute Gasteiger partial charge is 0.258 e. The van der Waals surface area contributed by atoms with Crippen molar-refractivity contribution in [3.63, 3.8) is 0 Å². The summed E-state index contributed by atoms with van der Waals surface area (Å²) in [7, 11) is 0. The molecule has 0 unspecified atom stereocenters. The maximum absolute atomic E-state index is 13.6. The molecule has 1 amide bonds. The monoisotopic (exact) mass is 339 g/mol. The summed E-state index contributed by atoms with van der Waals surface area (Å²) >= 11 is 3.36. The topological polar surface area (TPSA) is 29.1 Å². The summed E-state index contributed by atoms with van der Waals surface area (Å²) in [5.74, 6) is -2.22. The Morgan fingerprint density at radius 3 is 2.45 bits per heavy atom. The number of halogens is 3. The predicted octanol–water partition coefficient (Wildman–Crippen LogP) is 4.60. The second-order valence-corrected chi connectivity index (χ2v) is 5.37. The van der Waals surface area contributed by atoms with E-state index >= 15 is 0 Å². The number of anilines is 1. The van der Waals surface area contributed by atoms with Crippen molar-refractivity contribution in [3.05, 3.63) is 63.1 Å². The van der Waals surface area contributed by atoms with Gasteiger partial charge in [-0.25, -0.2) is 8.78 Å². The third-order valence-electron chi connectivity index (χ3n) is 2.85. The number of carbonyl (C=O) groups excluding carboxylic acids is 1. The molecule has 2 aromatic rings. The van der Waals surface area contributed by atoms with Crippen LogP contribution in [0.5, 0.6) is 0 Å². The Labute approximate surface area is 123 Å². The molecule has 0 atom stereocenters. The number of benzene rings is 2. The summed E-state index contributed by atoms with van der Waals surface area (Å²) in [6, 6.07) is 6.61.